The van der Waals surface area contributed by atoms with E-state index in [1.807, 2.05) is 18.2 Å². The smallest absolute Gasteiger partial charge is 0.333 e. The van der Waals surface area contributed by atoms with Crippen molar-refractivity contribution in [1.29, 1.82) is 0 Å². The van der Waals surface area contributed by atoms with Crippen molar-refractivity contribution in [2.24, 2.45) is 0 Å². The molecule has 130 valence electrons. The van der Waals surface area contributed by atoms with Gasteiger partial charge in [-0.05, 0) is 30.0 Å². The zero-order valence-electron chi connectivity index (χ0n) is 13.8. The number of benzene rings is 2. The molecule has 25 heavy (non-hydrogen) atoms. The molecule has 0 aliphatic rings. The van der Waals surface area contributed by atoms with Gasteiger partial charge in [0.25, 0.3) is 0 Å². The Morgan fingerprint density at radius 3 is 2.56 bits per heavy atom. The van der Waals surface area contributed by atoms with Crippen LogP contribution in [0, 0.1) is 0 Å². The van der Waals surface area contributed by atoms with Crippen LogP contribution in [0.15, 0.2) is 48.6 Å². The normalized spacial score (nSPS) is 10.3. The largest absolute Gasteiger partial charge is 0.481 e. The third kappa shape index (κ3) is 5.17. The molecule has 0 saturated carbocycles. The van der Waals surface area contributed by atoms with Crippen LogP contribution < -0.4 is 4.74 Å². The Morgan fingerprint density at radius 2 is 1.88 bits per heavy atom. The van der Waals surface area contributed by atoms with Gasteiger partial charge in [-0.3, -0.25) is 9.59 Å². The number of carbonyl (C=O) groups is 3. The number of hydrogen-bond acceptors (Lipinski definition) is 5. The molecule has 0 aliphatic carbocycles. The summed E-state index contributed by atoms with van der Waals surface area (Å²) in [4.78, 5) is 33.8. The van der Waals surface area contributed by atoms with E-state index in [1.54, 1.807) is 25.1 Å². The lowest BCUT2D eigenvalue weighted by molar-refractivity contribution is -0.142. The first kappa shape index (κ1) is 18.2. The van der Waals surface area contributed by atoms with Crippen LogP contribution >= 0.6 is 0 Å². The van der Waals surface area contributed by atoms with Crippen molar-refractivity contribution in [3.8, 4) is 5.75 Å². The molecule has 0 spiro atoms. The molecule has 2 aromatic carbocycles. The van der Waals surface area contributed by atoms with Crippen LogP contribution in [0.4, 0.5) is 0 Å². The van der Waals surface area contributed by atoms with Gasteiger partial charge in [-0.15, -0.1) is 0 Å². The lowest BCUT2D eigenvalue weighted by Gasteiger charge is -2.10. The fraction of sp³-hybridized carbons (Fsp3) is 0.211. The third-order valence-corrected chi connectivity index (χ3v) is 3.39. The van der Waals surface area contributed by atoms with E-state index < -0.39 is 17.9 Å². The molecular weight excluding hydrogens is 324 g/mol. The van der Waals surface area contributed by atoms with Crippen LogP contribution in [0.2, 0.25) is 0 Å². The molecule has 0 unspecified atom stereocenters. The summed E-state index contributed by atoms with van der Waals surface area (Å²) in [7, 11) is 0. The zero-order valence-corrected chi connectivity index (χ0v) is 13.8. The van der Waals surface area contributed by atoms with Gasteiger partial charge in [0.15, 0.2) is 0 Å². The van der Waals surface area contributed by atoms with E-state index in [0.29, 0.717) is 16.7 Å². The second-order valence-corrected chi connectivity index (χ2v) is 5.54. The number of rotatable bonds is 7. The molecule has 2 rings (SSSR count). The Hall–Kier alpha value is -3.15. The Bertz CT molecular complexity index is 837. The minimum absolute atomic E-state index is 0.0723. The molecule has 2 aromatic rings. The first-order valence-corrected chi connectivity index (χ1v) is 7.63. The van der Waals surface area contributed by atoms with E-state index in [2.05, 4.69) is 6.58 Å². The minimum atomic E-state index is -1.06. The van der Waals surface area contributed by atoms with Gasteiger partial charge in [0.1, 0.15) is 12.4 Å². The highest BCUT2D eigenvalue weighted by Gasteiger charge is 2.11. The average molecular weight is 342 g/mol. The summed E-state index contributed by atoms with van der Waals surface area (Å²) in [6, 6.07) is 10.6. The predicted molar refractivity (Wildman–Crippen MR) is 91.1 cm³/mol. The van der Waals surface area contributed by atoms with E-state index in [-0.39, 0.29) is 19.4 Å². The summed E-state index contributed by atoms with van der Waals surface area (Å²) >= 11 is 0. The van der Waals surface area contributed by atoms with Gasteiger partial charge in [-0.1, -0.05) is 30.8 Å². The maximum atomic E-state index is 11.8. The molecular formula is C19H18O6. The van der Waals surface area contributed by atoms with Crippen LogP contribution in [0.5, 0.6) is 5.75 Å². The minimum Gasteiger partial charge on any atom is -0.481 e. The predicted octanol–water partition coefficient (Wildman–Crippen LogP) is 3.23. The van der Waals surface area contributed by atoms with E-state index in [9.17, 15) is 14.4 Å². The molecule has 0 atom stereocenters. The molecule has 0 aliphatic heterocycles. The molecule has 0 aromatic heterocycles. The number of fused-ring (bicyclic) bond motifs is 1. The fourth-order valence-corrected chi connectivity index (χ4v) is 2.12. The van der Waals surface area contributed by atoms with E-state index in [1.165, 1.54) is 0 Å². The Labute approximate surface area is 144 Å². The van der Waals surface area contributed by atoms with Gasteiger partial charge in [0.2, 0.25) is 0 Å². The molecule has 6 nitrogen and oxygen atoms in total. The Morgan fingerprint density at radius 1 is 1.12 bits per heavy atom. The van der Waals surface area contributed by atoms with Crippen molar-refractivity contribution in [1.82, 2.24) is 0 Å². The van der Waals surface area contributed by atoms with Gasteiger partial charge >= 0.3 is 17.9 Å². The summed E-state index contributed by atoms with van der Waals surface area (Å²) in [5.41, 5.74) is 1.05. The number of aliphatic carboxylic acids is 1. The first-order chi connectivity index (χ1) is 11.9. The first-order valence-electron chi connectivity index (χ1n) is 7.63. The Kier molecular flexibility index (Phi) is 5.89. The number of esters is 2. The van der Waals surface area contributed by atoms with Gasteiger partial charge in [-0.25, -0.2) is 4.79 Å². The van der Waals surface area contributed by atoms with Crippen molar-refractivity contribution in [3.63, 3.8) is 0 Å². The molecule has 1 N–H and O–H groups in total. The standard InChI is InChI=1S/C19H18O6/c1-12(2)19(23)24-11-13-6-7-14-4-3-5-16(15(14)10-13)25-18(22)9-8-17(20)21/h3-7,10H,1,8-9,11H2,2H3,(H,20,21). The Balaban J connectivity index is 2.18. The lowest BCUT2D eigenvalue weighted by atomic mass is 10.1. The van der Waals surface area contributed by atoms with Gasteiger partial charge in [0.05, 0.1) is 12.8 Å². The second kappa shape index (κ2) is 8.10. The van der Waals surface area contributed by atoms with E-state index >= 15 is 0 Å². The van der Waals surface area contributed by atoms with Crippen LogP contribution in [0.25, 0.3) is 10.8 Å². The molecule has 0 fully saturated rings. The van der Waals surface area contributed by atoms with Crippen molar-refractivity contribution in [2.75, 3.05) is 0 Å². The van der Waals surface area contributed by atoms with Gasteiger partial charge < -0.3 is 14.6 Å². The number of carboxylic acid groups (broad SMARTS) is 1. The average Bonchev–Trinajstić information content (AvgIpc) is 2.58. The molecule has 6 heteroatoms. The SMILES string of the molecule is C=C(C)C(=O)OCc1ccc2cccc(OC(=O)CCC(=O)O)c2c1. The molecule has 0 saturated heterocycles. The number of carboxylic acids is 1. The van der Waals surface area contributed by atoms with Crippen molar-refractivity contribution < 1.29 is 29.0 Å². The van der Waals surface area contributed by atoms with Gasteiger partial charge in [0, 0.05) is 11.0 Å². The zero-order chi connectivity index (χ0) is 18.4. The number of hydrogen-bond donors (Lipinski definition) is 1. The quantitative estimate of drug-likeness (QED) is 0.472. The van der Waals surface area contributed by atoms with Crippen LogP contribution in [-0.4, -0.2) is 23.0 Å². The summed E-state index contributed by atoms with van der Waals surface area (Å²) in [5, 5.41) is 10.1. The summed E-state index contributed by atoms with van der Waals surface area (Å²) in [5.74, 6) is -1.82. The van der Waals surface area contributed by atoms with Crippen molar-refractivity contribution in [2.45, 2.75) is 26.4 Å². The molecule has 0 heterocycles. The van der Waals surface area contributed by atoms with Crippen LogP contribution in [0.3, 0.4) is 0 Å². The maximum absolute atomic E-state index is 11.8. The number of ether oxygens (including phenoxy) is 2. The topological polar surface area (TPSA) is 89.9 Å². The van der Waals surface area contributed by atoms with Crippen LogP contribution in [0.1, 0.15) is 25.3 Å². The highest BCUT2D eigenvalue weighted by Crippen LogP contribution is 2.27. The summed E-state index contributed by atoms with van der Waals surface area (Å²) < 4.78 is 10.4. The summed E-state index contributed by atoms with van der Waals surface area (Å²) in [6.07, 6.45) is -0.493. The molecule has 0 radical (unpaired) electrons. The fourth-order valence-electron chi connectivity index (χ4n) is 2.12. The number of carbonyl (C=O) groups excluding carboxylic acids is 2. The highest BCUT2D eigenvalue weighted by atomic mass is 16.5. The molecule has 0 amide bonds. The third-order valence-electron chi connectivity index (χ3n) is 3.39. The van der Waals surface area contributed by atoms with Gasteiger partial charge in [-0.2, -0.15) is 0 Å². The van der Waals surface area contributed by atoms with Crippen molar-refractivity contribution >= 4 is 28.7 Å². The van der Waals surface area contributed by atoms with E-state index in [0.717, 1.165) is 10.9 Å². The lowest BCUT2D eigenvalue weighted by Crippen LogP contribution is -2.10. The molecule has 0 bridgehead atoms. The van der Waals surface area contributed by atoms with E-state index in [4.69, 9.17) is 14.6 Å². The van der Waals surface area contributed by atoms with Crippen LogP contribution in [-0.2, 0) is 25.7 Å². The highest BCUT2D eigenvalue weighted by molar-refractivity contribution is 5.91. The second-order valence-electron chi connectivity index (χ2n) is 5.54. The monoisotopic (exact) mass is 342 g/mol. The van der Waals surface area contributed by atoms with Crippen molar-refractivity contribution in [3.05, 3.63) is 54.1 Å². The maximum Gasteiger partial charge on any atom is 0.333 e. The summed E-state index contributed by atoms with van der Waals surface area (Å²) in [6.45, 7) is 5.16.